The zero-order chi connectivity index (χ0) is 5.98. The number of phenols is 1. The molecule has 64 valence electrons. The fraction of sp³-hybridized carbons (Fsp3) is 0. The van der Waals surface area contributed by atoms with Crippen LogP contribution in [0.5, 0.6) is 5.75 Å². The van der Waals surface area contributed by atoms with E-state index in [0.717, 1.165) is 0 Å². The molecule has 1 rings (SSSR count). The van der Waals surface area contributed by atoms with Gasteiger partial charge in [0.15, 0.2) is 0 Å². The number of hydrogen-bond donors (Lipinski definition) is 1. The third-order valence-electron chi connectivity index (χ3n) is 1.03. The van der Waals surface area contributed by atoms with Crippen molar-refractivity contribution in [1.82, 2.24) is 0 Å². The van der Waals surface area contributed by atoms with E-state index in [1.54, 1.807) is 12.1 Å². The average molecular weight is 246 g/mol. The molecule has 11 heavy (non-hydrogen) atoms. The molecule has 0 aliphatic rings. The topological polar surface area (TPSA) is 80.2 Å². The average Bonchev–Trinajstić information content (AvgIpc) is 1.77. The van der Waals surface area contributed by atoms with Crippen LogP contribution < -0.4 is 5.46 Å². The number of benzene rings is 1. The summed E-state index contributed by atoms with van der Waals surface area (Å²) in [5.41, 5.74) is 1.17. The normalized spacial score (nSPS) is 6.55. The second-order valence-corrected chi connectivity index (χ2v) is 1.84. The van der Waals surface area contributed by atoms with Gasteiger partial charge in [0.1, 0.15) is 13.6 Å². The Balaban J connectivity index is -0.000000213. The molecule has 0 amide bonds. The minimum atomic E-state index is 0. The van der Waals surface area contributed by atoms with Crippen molar-refractivity contribution in [3.8, 4) is 5.75 Å². The van der Waals surface area contributed by atoms with Crippen LogP contribution in [0.3, 0.4) is 0 Å². The smallest absolute Gasteiger partial charge is 0.870 e. The van der Waals surface area contributed by atoms with Gasteiger partial charge in [-0.15, -0.1) is 0 Å². The van der Waals surface area contributed by atoms with Crippen LogP contribution in [0.4, 0.5) is 0 Å². The van der Waals surface area contributed by atoms with Crippen molar-refractivity contribution in [3.63, 3.8) is 0 Å². The Morgan fingerprint density at radius 1 is 1.00 bits per heavy atom. The maximum atomic E-state index is 8.76. The van der Waals surface area contributed by atoms with E-state index in [-0.39, 0.29) is 31.4 Å². The van der Waals surface area contributed by atoms with Crippen LogP contribution >= 0.6 is 0 Å². The molecule has 3 nitrogen and oxygen atoms in total. The van der Waals surface area contributed by atoms with Crippen LogP contribution in [0.2, 0.25) is 0 Å². The van der Waals surface area contributed by atoms with Gasteiger partial charge in [-0.1, -0.05) is 17.6 Å². The van der Waals surface area contributed by atoms with Gasteiger partial charge < -0.3 is 16.1 Å². The van der Waals surface area contributed by atoms with Crippen LogP contribution in [0.15, 0.2) is 24.3 Å². The standard InChI is InChI=1S/C6H7BO.2H2O.Pd/c7-5-1-3-6(8)4-2-5;;;/h1-4,8H,7H2;2*1H2;/q;;;+2/p-2. The van der Waals surface area contributed by atoms with E-state index >= 15 is 0 Å². The van der Waals surface area contributed by atoms with Gasteiger partial charge >= 0.3 is 20.4 Å². The number of phenolic OH excluding ortho intramolecular Hbond substituents is 1. The molecule has 0 heterocycles. The van der Waals surface area contributed by atoms with E-state index in [0.29, 0.717) is 5.75 Å². The molecule has 0 atom stereocenters. The van der Waals surface area contributed by atoms with Crippen LogP contribution in [0, 0.1) is 0 Å². The number of aromatic hydroxyl groups is 1. The summed E-state index contributed by atoms with van der Waals surface area (Å²) in [6.07, 6.45) is 0. The van der Waals surface area contributed by atoms with Crippen LogP contribution in [0.1, 0.15) is 0 Å². The van der Waals surface area contributed by atoms with Gasteiger partial charge in [-0.2, -0.15) is 0 Å². The number of hydrogen-bond acceptors (Lipinski definition) is 3. The Labute approximate surface area is 80.1 Å². The Bertz CT molecular complexity index is 157. The minimum absolute atomic E-state index is 0. The summed E-state index contributed by atoms with van der Waals surface area (Å²) in [5, 5.41) is 8.76. The maximum Gasteiger partial charge on any atom is 2.00 e. The molecular formula is C6H9BO3Pd. The molecule has 1 aromatic rings. The van der Waals surface area contributed by atoms with E-state index in [1.165, 1.54) is 5.46 Å². The molecule has 0 unspecified atom stereocenters. The van der Waals surface area contributed by atoms with Gasteiger partial charge in [0, 0.05) is 0 Å². The molecule has 0 spiro atoms. The van der Waals surface area contributed by atoms with Gasteiger partial charge in [-0.05, 0) is 12.1 Å². The molecule has 0 aromatic heterocycles. The Hall–Kier alpha value is -0.333. The van der Waals surface area contributed by atoms with Crippen molar-refractivity contribution < 1.29 is 36.5 Å². The molecule has 1 aromatic carbocycles. The van der Waals surface area contributed by atoms with E-state index in [2.05, 4.69) is 0 Å². The SMILES string of the molecule is Bc1ccc(O)cc1.[OH-].[OH-].[Pd+2]. The molecule has 0 radical (unpaired) electrons. The molecule has 0 fully saturated rings. The minimum Gasteiger partial charge on any atom is -0.870 e. The molecule has 3 N–H and O–H groups in total. The summed E-state index contributed by atoms with van der Waals surface area (Å²) in [6.45, 7) is 0. The zero-order valence-corrected chi connectivity index (χ0v) is 7.52. The largest absolute Gasteiger partial charge is 2.00 e. The van der Waals surface area contributed by atoms with Gasteiger partial charge in [-0.3, -0.25) is 0 Å². The van der Waals surface area contributed by atoms with E-state index in [9.17, 15) is 0 Å². The monoisotopic (exact) mass is 246 g/mol. The molecule has 0 aliphatic heterocycles. The number of rotatable bonds is 0. The van der Waals surface area contributed by atoms with E-state index < -0.39 is 0 Å². The Morgan fingerprint density at radius 3 is 1.64 bits per heavy atom. The zero-order valence-electron chi connectivity index (χ0n) is 5.97. The van der Waals surface area contributed by atoms with Crippen LogP contribution in [-0.2, 0) is 20.4 Å². The molecule has 0 saturated heterocycles. The summed E-state index contributed by atoms with van der Waals surface area (Å²) in [4.78, 5) is 0. The first-order valence-electron chi connectivity index (χ1n) is 2.54. The Morgan fingerprint density at radius 2 is 1.36 bits per heavy atom. The summed E-state index contributed by atoms with van der Waals surface area (Å²) in [7, 11) is 1.99. The van der Waals surface area contributed by atoms with Gasteiger partial charge in [0.25, 0.3) is 0 Å². The first-order chi connectivity index (χ1) is 3.79. The van der Waals surface area contributed by atoms with Gasteiger partial charge in [0.05, 0.1) is 0 Å². The van der Waals surface area contributed by atoms with Crippen molar-refractivity contribution in [3.05, 3.63) is 24.3 Å². The van der Waals surface area contributed by atoms with Crippen LogP contribution in [-0.4, -0.2) is 23.9 Å². The van der Waals surface area contributed by atoms with E-state index in [4.69, 9.17) is 5.11 Å². The van der Waals surface area contributed by atoms with Gasteiger partial charge in [-0.25, -0.2) is 0 Å². The fourth-order valence-electron chi connectivity index (χ4n) is 0.545. The Kier molecular flexibility index (Phi) is 12.0. The van der Waals surface area contributed by atoms with Crippen molar-refractivity contribution in [2.45, 2.75) is 0 Å². The van der Waals surface area contributed by atoms with Gasteiger partial charge in [0.2, 0.25) is 0 Å². The maximum absolute atomic E-state index is 8.76. The van der Waals surface area contributed by atoms with E-state index in [1.807, 2.05) is 20.0 Å². The summed E-state index contributed by atoms with van der Waals surface area (Å²) >= 11 is 0. The third-order valence-corrected chi connectivity index (χ3v) is 1.03. The molecule has 0 bridgehead atoms. The quantitative estimate of drug-likeness (QED) is 0.614. The summed E-state index contributed by atoms with van der Waals surface area (Å²) in [6, 6.07) is 7.09. The van der Waals surface area contributed by atoms with Crippen molar-refractivity contribution in [2.24, 2.45) is 0 Å². The fourth-order valence-corrected chi connectivity index (χ4v) is 0.545. The second-order valence-electron chi connectivity index (χ2n) is 1.84. The first-order valence-corrected chi connectivity index (χ1v) is 2.54. The van der Waals surface area contributed by atoms with Crippen molar-refractivity contribution >= 4 is 13.3 Å². The van der Waals surface area contributed by atoms with Crippen LogP contribution in [0.25, 0.3) is 0 Å². The molecular weight excluding hydrogens is 237 g/mol. The van der Waals surface area contributed by atoms with Crippen molar-refractivity contribution in [1.29, 1.82) is 0 Å². The first kappa shape index (κ1) is 17.0. The summed E-state index contributed by atoms with van der Waals surface area (Å²) < 4.78 is 0. The van der Waals surface area contributed by atoms with Crippen molar-refractivity contribution in [2.75, 3.05) is 0 Å². The third kappa shape index (κ3) is 6.08. The molecule has 0 aliphatic carbocycles. The summed E-state index contributed by atoms with van der Waals surface area (Å²) in [5.74, 6) is 0.329. The molecule has 5 heteroatoms. The predicted molar refractivity (Wildman–Crippen MR) is 40.2 cm³/mol. The predicted octanol–water partition coefficient (Wildman–Crippen LogP) is -0.706. The second kappa shape index (κ2) is 7.77. The molecule has 0 saturated carbocycles.